The van der Waals surface area contributed by atoms with Gasteiger partial charge in [-0.1, -0.05) is 16.8 Å². The number of oxazole rings is 1. The summed E-state index contributed by atoms with van der Waals surface area (Å²) in [5, 5.41) is 0. The molecule has 1 fully saturated rings. The minimum absolute atomic E-state index is 0. The van der Waals surface area contributed by atoms with Crippen molar-refractivity contribution in [1.29, 1.82) is 0 Å². The molecule has 0 saturated carbocycles. The van der Waals surface area contributed by atoms with Crippen LogP contribution in [-0.4, -0.2) is 60.6 Å². The molecule has 1 saturated heterocycles. The van der Waals surface area contributed by atoms with Gasteiger partial charge in [0.15, 0.2) is 5.58 Å². The molecule has 0 radical (unpaired) electrons. The molecule has 0 aliphatic carbocycles. The van der Waals surface area contributed by atoms with E-state index < -0.39 is 6.17 Å². The van der Waals surface area contributed by atoms with Crippen LogP contribution in [0, 0.1) is 4.84 Å². The van der Waals surface area contributed by atoms with Gasteiger partial charge in [0.1, 0.15) is 13.2 Å². The Morgan fingerprint density at radius 1 is 1.10 bits per heavy atom. The number of morpholine rings is 1. The normalized spacial score (nSPS) is 21.6. The summed E-state index contributed by atoms with van der Waals surface area (Å²) in [5.74, 6) is 0.326. The fourth-order valence-electron chi connectivity index (χ4n) is 3.39. The van der Waals surface area contributed by atoms with Gasteiger partial charge in [0.05, 0.1) is 33.5 Å². The second-order valence-corrected chi connectivity index (χ2v) is 6.42. The summed E-state index contributed by atoms with van der Waals surface area (Å²) in [6.45, 7) is 1.21. The van der Waals surface area contributed by atoms with Crippen LogP contribution < -0.4 is 26.5 Å². The molecule has 0 N–H and O–H groups in total. The van der Waals surface area contributed by atoms with Gasteiger partial charge in [0.2, 0.25) is 6.17 Å². The maximum atomic E-state index is 5.99. The Bertz CT molecular complexity index is 1040. The number of hydroxylamine groups is 2. The van der Waals surface area contributed by atoms with E-state index in [-0.39, 0.29) is 29.1 Å². The van der Waals surface area contributed by atoms with Crippen LogP contribution in [0.1, 0.15) is 6.17 Å². The van der Waals surface area contributed by atoms with Crippen LogP contribution in [0.2, 0.25) is 0 Å². The Balaban J connectivity index is 0.00000240. The van der Waals surface area contributed by atoms with Crippen molar-refractivity contribution in [2.45, 2.75) is 6.17 Å². The Morgan fingerprint density at radius 2 is 1.79 bits per heavy atom. The molecule has 3 aromatic rings. The zero-order valence-corrected chi connectivity index (χ0v) is 17.6. The maximum Gasteiger partial charge on any atom is 0.373 e. The van der Waals surface area contributed by atoms with Crippen molar-refractivity contribution >= 4 is 29.3 Å². The summed E-state index contributed by atoms with van der Waals surface area (Å²) >= 11 is 5.50. The predicted octanol–water partition coefficient (Wildman–Crippen LogP) is -0.732. The van der Waals surface area contributed by atoms with Crippen molar-refractivity contribution in [2.24, 2.45) is 0 Å². The highest BCUT2D eigenvalue weighted by Crippen LogP contribution is 2.36. The number of rotatable bonds is 5. The number of methoxy groups -OCH3 is 2. The van der Waals surface area contributed by atoms with Crippen molar-refractivity contribution in [1.82, 2.24) is 24.2 Å². The number of hydrogen-bond acceptors (Lipinski definition) is 9. The zero-order chi connectivity index (χ0) is 19.7. The first-order chi connectivity index (χ1) is 13.6. The number of fused-ring (bicyclic) bond motifs is 1. The molecule has 0 amide bonds. The fraction of sp³-hybridized carbons (Fsp3) is 0.412. The molecule has 0 bridgehead atoms. The zero-order valence-electron chi connectivity index (χ0n) is 16.1. The van der Waals surface area contributed by atoms with Gasteiger partial charge >= 0.3 is 18.0 Å². The van der Waals surface area contributed by atoms with Gasteiger partial charge in [-0.25, -0.2) is 4.57 Å². The number of aromatic nitrogens is 4. The molecule has 0 spiro atoms. The highest BCUT2D eigenvalue weighted by atomic mass is 35.5. The molecule has 10 nitrogen and oxygen atoms in total. The number of nitrogens with zero attached hydrogens (tertiary/aromatic N) is 5. The largest absolute Gasteiger partial charge is 1.00 e. The van der Waals surface area contributed by atoms with E-state index in [0.29, 0.717) is 36.1 Å². The molecule has 156 valence electrons. The maximum absolute atomic E-state index is 5.99. The highest BCUT2D eigenvalue weighted by Gasteiger charge is 2.50. The summed E-state index contributed by atoms with van der Waals surface area (Å²) in [6.07, 6.45) is -0.424. The van der Waals surface area contributed by atoms with Crippen LogP contribution in [0.25, 0.3) is 11.1 Å². The Morgan fingerprint density at radius 3 is 2.45 bits per heavy atom. The van der Waals surface area contributed by atoms with Crippen molar-refractivity contribution in [3.8, 4) is 12.0 Å². The van der Waals surface area contributed by atoms with Crippen LogP contribution in [0.4, 0.5) is 5.95 Å². The molecule has 12 heteroatoms. The lowest BCUT2D eigenvalue weighted by Crippen LogP contribution is -3.00. The fourth-order valence-corrected chi connectivity index (χ4v) is 3.70. The van der Waals surface area contributed by atoms with E-state index in [9.17, 15) is 0 Å². The lowest BCUT2D eigenvalue weighted by atomic mass is 10.3. The molecule has 2 aromatic heterocycles. The summed E-state index contributed by atoms with van der Waals surface area (Å²) < 4.78 is 23.7. The van der Waals surface area contributed by atoms with Gasteiger partial charge in [-0.15, -0.1) is 15.0 Å². The number of quaternary nitrogens is 1. The van der Waals surface area contributed by atoms with E-state index >= 15 is 0 Å². The van der Waals surface area contributed by atoms with Crippen LogP contribution >= 0.6 is 12.2 Å². The summed E-state index contributed by atoms with van der Waals surface area (Å²) in [6, 6.07) is 7.86. The van der Waals surface area contributed by atoms with E-state index in [4.69, 9.17) is 35.7 Å². The monoisotopic (exact) mass is 441 g/mol. The summed E-state index contributed by atoms with van der Waals surface area (Å²) in [7, 11) is 4.55. The first kappa shape index (κ1) is 21.4. The van der Waals surface area contributed by atoms with Gasteiger partial charge in [-0.3, -0.25) is 0 Å². The van der Waals surface area contributed by atoms with Crippen molar-refractivity contribution in [2.75, 3.05) is 41.1 Å². The third-order valence-corrected chi connectivity index (χ3v) is 5.03. The second-order valence-electron chi connectivity index (χ2n) is 6.07. The SMILES string of the molecule is COc1nc(OC)nc([N+]2(OC)CCOCC2n2c(=S)oc3ccccc32)n1.[Cl-]. The average Bonchev–Trinajstić information content (AvgIpc) is 3.08. The molecule has 1 aliphatic rings. The number of ether oxygens (including phenoxy) is 3. The van der Waals surface area contributed by atoms with E-state index in [1.807, 2.05) is 28.8 Å². The predicted molar refractivity (Wildman–Crippen MR) is 101 cm³/mol. The summed E-state index contributed by atoms with van der Waals surface area (Å²) in [4.78, 5) is 19.2. The highest BCUT2D eigenvalue weighted by molar-refractivity contribution is 7.71. The number of halogens is 1. The van der Waals surface area contributed by atoms with Crippen LogP contribution in [-0.2, 0) is 9.57 Å². The van der Waals surface area contributed by atoms with Crippen LogP contribution in [0.15, 0.2) is 28.7 Å². The van der Waals surface area contributed by atoms with E-state index in [2.05, 4.69) is 15.0 Å². The minimum Gasteiger partial charge on any atom is -1.00 e. The molecular weight excluding hydrogens is 422 g/mol. The topological polar surface area (TPSA) is 93.7 Å². The minimum atomic E-state index is -0.424. The molecule has 4 rings (SSSR count). The molecule has 1 aliphatic heterocycles. The lowest BCUT2D eigenvalue weighted by molar-refractivity contribution is -0.220. The Hall–Kier alpha value is -2.31. The van der Waals surface area contributed by atoms with Gasteiger partial charge in [0.25, 0.3) is 4.84 Å². The van der Waals surface area contributed by atoms with E-state index in [1.165, 1.54) is 14.2 Å². The molecule has 3 heterocycles. The van der Waals surface area contributed by atoms with Gasteiger partial charge in [-0.2, -0.15) is 4.84 Å². The molecule has 2 unspecified atom stereocenters. The molecule has 1 aromatic carbocycles. The molecular formula is C17H20ClN5O5S. The quantitative estimate of drug-likeness (QED) is 0.375. The first-order valence-electron chi connectivity index (χ1n) is 8.59. The van der Waals surface area contributed by atoms with Gasteiger partial charge < -0.3 is 31.0 Å². The number of para-hydroxylation sites is 2. The van der Waals surface area contributed by atoms with E-state index in [0.717, 1.165) is 5.52 Å². The summed E-state index contributed by atoms with van der Waals surface area (Å²) in [5.41, 5.74) is 1.51. The number of hydrogen-bond donors (Lipinski definition) is 0. The third-order valence-electron chi connectivity index (χ3n) is 4.75. The van der Waals surface area contributed by atoms with Crippen LogP contribution in [0.5, 0.6) is 12.0 Å². The first-order valence-corrected chi connectivity index (χ1v) is 8.99. The Kier molecular flexibility index (Phi) is 6.34. The van der Waals surface area contributed by atoms with Gasteiger partial charge in [-0.05, 0) is 24.4 Å². The standard InChI is InChI=1S/C17H20N5O5S.ClH/c1-23-15-18-14(19-16(20-15)24-2)22(25-3)8-9-26-10-13(22)21-11-6-4-5-7-12(11)27-17(21)28;/h4-7,13H,8-10H2,1-3H3;1H/q+1;/p-1. The third kappa shape index (κ3) is 3.55. The average molecular weight is 442 g/mol. The van der Waals surface area contributed by atoms with Crippen molar-refractivity contribution in [3.05, 3.63) is 29.1 Å². The van der Waals surface area contributed by atoms with Crippen molar-refractivity contribution in [3.63, 3.8) is 0 Å². The smallest absolute Gasteiger partial charge is 0.373 e. The molecule has 29 heavy (non-hydrogen) atoms. The second kappa shape index (κ2) is 8.59. The Labute approximate surface area is 177 Å². The van der Waals surface area contributed by atoms with E-state index in [1.54, 1.807) is 7.11 Å². The molecule has 2 atom stereocenters. The lowest BCUT2D eigenvalue weighted by Gasteiger charge is -2.40. The van der Waals surface area contributed by atoms with Crippen molar-refractivity contribution < 1.29 is 35.9 Å². The van der Waals surface area contributed by atoms with Crippen LogP contribution in [0.3, 0.4) is 0 Å². The van der Waals surface area contributed by atoms with Gasteiger partial charge in [0, 0.05) is 0 Å². The number of benzene rings is 1.